The van der Waals surface area contributed by atoms with Crippen molar-refractivity contribution in [3.63, 3.8) is 0 Å². The van der Waals surface area contributed by atoms with Gasteiger partial charge in [0.05, 0.1) is 0 Å². The van der Waals surface area contributed by atoms with Crippen molar-refractivity contribution in [3.8, 4) is 11.8 Å². The highest BCUT2D eigenvalue weighted by molar-refractivity contribution is 9.10. The van der Waals surface area contributed by atoms with Crippen molar-refractivity contribution < 1.29 is 9.50 Å². The van der Waals surface area contributed by atoms with Gasteiger partial charge in [-0.2, -0.15) is 0 Å². The van der Waals surface area contributed by atoms with Crippen molar-refractivity contribution in [1.29, 1.82) is 0 Å². The monoisotopic (exact) mass is 228 g/mol. The third-order valence-corrected chi connectivity index (χ3v) is 1.92. The summed E-state index contributed by atoms with van der Waals surface area (Å²) in [6.45, 7) is -0.219. The summed E-state index contributed by atoms with van der Waals surface area (Å²) in [7, 11) is 0. The second kappa shape index (κ2) is 4.24. The molecule has 0 aliphatic heterocycles. The molecule has 0 spiro atoms. The fraction of sp³-hybridized carbons (Fsp3) is 0.111. The van der Waals surface area contributed by atoms with Crippen LogP contribution in [-0.4, -0.2) is 11.7 Å². The van der Waals surface area contributed by atoms with Crippen molar-refractivity contribution >= 4 is 15.9 Å². The average molecular weight is 229 g/mol. The Balaban J connectivity index is 3.05. The number of rotatable bonds is 0. The van der Waals surface area contributed by atoms with E-state index in [-0.39, 0.29) is 12.4 Å². The first-order chi connectivity index (χ1) is 5.74. The molecule has 0 aromatic heterocycles. The molecule has 0 radical (unpaired) electrons. The van der Waals surface area contributed by atoms with E-state index < -0.39 is 0 Å². The number of aliphatic hydroxyl groups is 1. The molecule has 0 bridgehead atoms. The van der Waals surface area contributed by atoms with E-state index in [2.05, 4.69) is 27.8 Å². The SMILES string of the molecule is OCC#Cc1cc(F)ccc1Br. The smallest absolute Gasteiger partial charge is 0.124 e. The molecular formula is C9H6BrFO. The lowest BCUT2D eigenvalue weighted by Gasteiger charge is -1.94. The topological polar surface area (TPSA) is 20.2 Å². The van der Waals surface area contributed by atoms with Gasteiger partial charge in [-0.25, -0.2) is 4.39 Å². The zero-order chi connectivity index (χ0) is 8.97. The first-order valence-corrected chi connectivity index (χ1v) is 4.08. The molecule has 1 aromatic rings. The molecule has 0 unspecified atom stereocenters. The lowest BCUT2D eigenvalue weighted by atomic mass is 10.2. The maximum Gasteiger partial charge on any atom is 0.124 e. The Labute approximate surface area is 78.4 Å². The van der Waals surface area contributed by atoms with Crippen LogP contribution in [0.4, 0.5) is 4.39 Å². The fourth-order valence-electron chi connectivity index (χ4n) is 0.728. The van der Waals surface area contributed by atoms with Gasteiger partial charge >= 0.3 is 0 Å². The Bertz CT molecular complexity index is 338. The summed E-state index contributed by atoms with van der Waals surface area (Å²) < 4.78 is 13.4. The highest BCUT2D eigenvalue weighted by Gasteiger charge is 1.97. The molecule has 1 rings (SSSR count). The van der Waals surface area contributed by atoms with Gasteiger partial charge in [-0.05, 0) is 34.1 Å². The Morgan fingerprint density at radius 2 is 2.25 bits per heavy atom. The van der Waals surface area contributed by atoms with Crippen molar-refractivity contribution in [3.05, 3.63) is 34.1 Å². The number of halogens is 2. The Kier molecular flexibility index (Phi) is 3.27. The fourth-order valence-corrected chi connectivity index (χ4v) is 1.07. The van der Waals surface area contributed by atoms with E-state index in [0.717, 1.165) is 4.47 Å². The van der Waals surface area contributed by atoms with Gasteiger partial charge < -0.3 is 5.11 Å². The summed E-state index contributed by atoms with van der Waals surface area (Å²) in [5, 5.41) is 8.41. The maximum absolute atomic E-state index is 12.6. The van der Waals surface area contributed by atoms with Crippen LogP contribution in [0, 0.1) is 17.7 Å². The first-order valence-electron chi connectivity index (χ1n) is 3.29. The molecule has 0 atom stereocenters. The summed E-state index contributed by atoms with van der Waals surface area (Å²) in [5.41, 5.74) is 0.545. The summed E-state index contributed by atoms with van der Waals surface area (Å²) in [5.74, 6) is 4.73. The molecule has 0 aliphatic carbocycles. The van der Waals surface area contributed by atoms with Crippen LogP contribution >= 0.6 is 15.9 Å². The van der Waals surface area contributed by atoms with Crippen LogP contribution in [0.15, 0.2) is 22.7 Å². The van der Waals surface area contributed by atoms with Crippen molar-refractivity contribution in [2.45, 2.75) is 0 Å². The van der Waals surface area contributed by atoms with Gasteiger partial charge in [0, 0.05) is 10.0 Å². The largest absolute Gasteiger partial charge is 0.384 e. The van der Waals surface area contributed by atoms with E-state index >= 15 is 0 Å². The molecule has 0 heterocycles. The highest BCUT2D eigenvalue weighted by Crippen LogP contribution is 2.16. The van der Waals surface area contributed by atoms with Crippen molar-refractivity contribution in [2.24, 2.45) is 0 Å². The molecule has 1 N–H and O–H groups in total. The summed E-state index contributed by atoms with van der Waals surface area (Å²) >= 11 is 3.21. The lowest BCUT2D eigenvalue weighted by molar-refractivity contribution is 0.350. The molecule has 3 heteroatoms. The van der Waals surface area contributed by atoms with E-state index in [1.807, 2.05) is 0 Å². The zero-order valence-electron chi connectivity index (χ0n) is 6.14. The molecule has 1 aromatic carbocycles. The summed E-state index contributed by atoms with van der Waals surface area (Å²) in [6.07, 6.45) is 0. The van der Waals surface area contributed by atoms with Crippen LogP contribution in [-0.2, 0) is 0 Å². The first kappa shape index (κ1) is 9.24. The molecule has 0 saturated heterocycles. The zero-order valence-corrected chi connectivity index (χ0v) is 7.73. The van der Waals surface area contributed by atoms with E-state index in [9.17, 15) is 4.39 Å². The third-order valence-electron chi connectivity index (χ3n) is 1.23. The maximum atomic E-state index is 12.6. The second-order valence-corrected chi connectivity index (χ2v) is 2.94. The minimum Gasteiger partial charge on any atom is -0.384 e. The summed E-state index contributed by atoms with van der Waals surface area (Å²) in [4.78, 5) is 0. The predicted molar refractivity (Wildman–Crippen MR) is 48.1 cm³/mol. The Morgan fingerprint density at radius 3 is 2.92 bits per heavy atom. The molecule has 12 heavy (non-hydrogen) atoms. The number of hydrogen-bond acceptors (Lipinski definition) is 1. The molecule has 0 aliphatic rings. The van der Waals surface area contributed by atoms with E-state index in [1.54, 1.807) is 6.07 Å². The van der Waals surface area contributed by atoms with Gasteiger partial charge in [0.15, 0.2) is 0 Å². The van der Waals surface area contributed by atoms with Gasteiger partial charge in [0.25, 0.3) is 0 Å². The van der Waals surface area contributed by atoms with Crippen molar-refractivity contribution in [2.75, 3.05) is 6.61 Å². The molecular weight excluding hydrogens is 223 g/mol. The van der Waals surface area contributed by atoms with Gasteiger partial charge in [-0.3, -0.25) is 0 Å². The lowest BCUT2D eigenvalue weighted by Crippen LogP contribution is -1.81. The molecule has 0 fully saturated rings. The van der Waals surface area contributed by atoms with Gasteiger partial charge in [-0.1, -0.05) is 11.8 Å². The minimum atomic E-state index is -0.333. The van der Waals surface area contributed by atoms with Gasteiger partial charge in [-0.15, -0.1) is 0 Å². The second-order valence-electron chi connectivity index (χ2n) is 2.08. The summed E-state index contributed by atoms with van der Waals surface area (Å²) in [6, 6.07) is 4.23. The van der Waals surface area contributed by atoms with Crippen LogP contribution in [0.2, 0.25) is 0 Å². The number of aliphatic hydroxyl groups excluding tert-OH is 1. The third kappa shape index (κ3) is 2.33. The van der Waals surface area contributed by atoms with Crippen LogP contribution in [0.25, 0.3) is 0 Å². The molecule has 62 valence electrons. The van der Waals surface area contributed by atoms with E-state index in [1.165, 1.54) is 12.1 Å². The predicted octanol–water partition coefficient (Wildman–Crippen LogP) is 1.93. The van der Waals surface area contributed by atoms with E-state index in [4.69, 9.17) is 5.11 Å². The van der Waals surface area contributed by atoms with Crippen LogP contribution in [0.1, 0.15) is 5.56 Å². The highest BCUT2D eigenvalue weighted by atomic mass is 79.9. The Hall–Kier alpha value is -0.850. The molecule has 0 amide bonds. The number of benzene rings is 1. The van der Waals surface area contributed by atoms with Gasteiger partial charge in [0.1, 0.15) is 12.4 Å². The Morgan fingerprint density at radius 1 is 1.50 bits per heavy atom. The normalized spacial score (nSPS) is 8.92. The quantitative estimate of drug-likeness (QED) is 0.674. The van der Waals surface area contributed by atoms with E-state index in [0.29, 0.717) is 5.56 Å². The van der Waals surface area contributed by atoms with Crippen LogP contribution in [0.3, 0.4) is 0 Å². The van der Waals surface area contributed by atoms with Crippen LogP contribution < -0.4 is 0 Å². The average Bonchev–Trinajstić information content (AvgIpc) is 2.07. The van der Waals surface area contributed by atoms with Crippen molar-refractivity contribution in [1.82, 2.24) is 0 Å². The standard InChI is InChI=1S/C9H6BrFO/c10-9-4-3-8(11)6-7(9)2-1-5-12/h3-4,6,12H,5H2. The van der Waals surface area contributed by atoms with Gasteiger partial charge in [0.2, 0.25) is 0 Å². The minimum absolute atomic E-state index is 0.219. The molecule has 1 nitrogen and oxygen atoms in total. The number of hydrogen-bond donors (Lipinski definition) is 1. The molecule has 0 saturated carbocycles. The van der Waals surface area contributed by atoms with Crippen LogP contribution in [0.5, 0.6) is 0 Å².